The van der Waals surface area contributed by atoms with Gasteiger partial charge < -0.3 is 0 Å². The van der Waals surface area contributed by atoms with E-state index in [1.54, 1.807) is 0 Å². The van der Waals surface area contributed by atoms with Gasteiger partial charge in [-0.2, -0.15) is 5.21 Å². The Balaban J connectivity index is 3.05. The van der Waals surface area contributed by atoms with E-state index in [2.05, 4.69) is 15.4 Å². The maximum absolute atomic E-state index is 9.75. The van der Waals surface area contributed by atoms with Gasteiger partial charge in [0.25, 0.3) is 0 Å². The molecule has 31 valence electrons. The minimum atomic E-state index is -0.574. The lowest BCUT2D eigenvalue weighted by molar-refractivity contribution is 0.319. The van der Waals surface area contributed by atoms with Gasteiger partial charge in [0.2, 0.25) is 0 Å². The Labute approximate surface area is 33.0 Å². The predicted molar refractivity (Wildman–Crippen MR) is 14.3 cm³/mol. The van der Waals surface area contributed by atoms with Crippen molar-refractivity contribution in [2.45, 2.75) is 0 Å². The van der Waals surface area contributed by atoms with Gasteiger partial charge in [-0.25, -0.2) is 5.11 Å². The van der Waals surface area contributed by atoms with E-state index < -0.39 is 6.01 Å². The van der Waals surface area contributed by atoms with Gasteiger partial charge >= 0.3 is 6.01 Å². The topological polar surface area (TPSA) is 74.4 Å². The summed E-state index contributed by atoms with van der Waals surface area (Å²) in [4.78, 5) is 0. The van der Waals surface area contributed by atoms with Gasteiger partial charge in [0.1, 0.15) is 0 Å². The van der Waals surface area contributed by atoms with Crippen LogP contribution in [0.5, 0.6) is 6.01 Å². The Kier molecular flexibility index (Phi) is 0.474. The molecule has 1 aromatic rings. The fourth-order valence-corrected chi connectivity index (χ4v) is 0.153. The number of tetrazole rings is 1. The smallest absolute Gasteiger partial charge is 0.240 e. The lowest BCUT2D eigenvalue weighted by Gasteiger charge is -1.53. The monoisotopic (exact) mass is 85.0 g/mol. The van der Waals surface area contributed by atoms with Crippen LogP contribution in [0.3, 0.4) is 0 Å². The van der Waals surface area contributed by atoms with Crippen LogP contribution in [0.4, 0.5) is 0 Å². The molecule has 1 heterocycles. The Morgan fingerprint density at radius 1 is 1.67 bits per heavy atom. The highest BCUT2D eigenvalue weighted by Gasteiger charge is 1.86. The Morgan fingerprint density at radius 3 is 2.67 bits per heavy atom. The molecule has 0 bridgehead atoms. The van der Waals surface area contributed by atoms with E-state index in [1.807, 2.05) is 5.21 Å². The minimum absolute atomic E-state index is 0.574. The first-order valence-corrected chi connectivity index (χ1v) is 1.30. The highest BCUT2D eigenvalue weighted by Crippen LogP contribution is 1.85. The van der Waals surface area contributed by atoms with Crippen molar-refractivity contribution in [3.63, 3.8) is 0 Å². The standard InChI is InChI=1S/CHN4O/c6-1-2-4-5-3-1/h(H,2,3,4,5). The summed E-state index contributed by atoms with van der Waals surface area (Å²) in [5.74, 6) is 0. The van der Waals surface area contributed by atoms with Crippen LogP contribution in [-0.2, 0) is 5.11 Å². The van der Waals surface area contributed by atoms with Crippen LogP contribution in [-0.4, -0.2) is 20.6 Å². The first kappa shape index (κ1) is 3.08. The lowest BCUT2D eigenvalue weighted by atomic mass is 11.3. The second-order valence-corrected chi connectivity index (χ2v) is 0.694. The van der Waals surface area contributed by atoms with E-state index in [1.165, 1.54) is 0 Å². The summed E-state index contributed by atoms with van der Waals surface area (Å²) in [5, 5.41) is 20.7. The summed E-state index contributed by atoms with van der Waals surface area (Å²) in [6.45, 7) is 0. The number of aromatic nitrogens is 4. The Bertz CT molecular complexity index is 111. The zero-order chi connectivity index (χ0) is 4.41. The molecule has 0 aliphatic heterocycles. The Morgan fingerprint density at radius 2 is 2.50 bits per heavy atom. The van der Waals surface area contributed by atoms with Gasteiger partial charge in [-0.1, -0.05) is 10.2 Å². The van der Waals surface area contributed by atoms with Gasteiger partial charge in [0.15, 0.2) is 0 Å². The van der Waals surface area contributed by atoms with Crippen LogP contribution in [0.15, 0.2) is 0 Å². The molecule has 0 fully saturated rings. The molecule has 0 aliphatic rings. The molecule has 5 heteroatoms. The second-order valence-electron chi connectivity index (χ2n) is 0.694. The predicted octanol–water partition coefficient (Wildman–Crippen LogP) is -0.657. The number of H-pyrrole nitrogens is 1. The molecule has 5 nitrogen and oxygen atoms in total. The number of hydrogen-bond acceptors (Lipinski definition) is 3. The van der Waals surface area contributed by atoms with Crippen molar-refractivity contribution in [1.82, 2.24) is 20.6 Å². The van der Waals surface area contributed by atoms with E-state index in [0.717, 1.165) is 0 Å². The summed E-state index contributed by atoms with van der Waals surface area (Å²) in [6.07, 6.45) is 0. The van der Waals surface area contributed by atoms with Crippen LogP contribution < -0.4 is 0 Å². The fraction of sp³-hybridized carbons (Fsp3) is 0. The van der Waals surface area contributed by atoms with Crippen LogP contribution in [0.1, 0.15) is 0 Å². The van der Waals surface area contributed by atoms with Gasteiger partial charge in [0, 0.05) is 0 Å². The average molecular weight is 85.0 g/mol. The quantitative estimate of drug-likeness (QED) is 0.454. The zero-order valence-corrected chi connectivity index (χ0v) is 2.75. The molecule has 0 atom stereocenters. The molecule has 0 spiro atoms. The molecule has 0 aliphatic carbocycles. The van der Waals surface area contributed by atoms with Gasteiger partial charge in [-0.15, -0.1) is 0 Å². The normalized spacial score (nSPS) is 8.67. The van der Waals surface area contributed by atoms with Crippen LogP contribution in [0.25, 0.3) is 0 Å². The molecular weight excluding hydrogens is 84.0 g/mol. The zero-order valence-electron chi connectivity index (χ0n) is 2.75. The van der Waals surface area contributed by atoms with E-state index in [-0.39, 0.29) is 0 Å². The Hall–Kier alpha value is -1.13. The van der Waals surface area contributed by atoms with Crippen molar-refractivity contribution in [2.75, 3.05) is 0 Å². The van der Waals surface area contributed by atoms with Gasteiger partial charge in [-0.3, -0.25) is 0 Å². The van der Waals surface area contributed by atoms with E-state index in [0.29, 0.717) is 0 Å². The first-order chi connectivity index (χ1) is 2.89. The molecule has 0 amide bonds. The highest BCUT2D eigenvalue weighted by molar-refractivity contribution is 4.73. The summed E-state index contributed by atoms with van der Waals surface area (Å²) >= 11 is 0. The third-order valence-electron chi connectivity index (χ3n) is 0.326. The minimum Gasteiger partial charge on any atom is -0.240 e. The summed E-state index contributed by atoms with van der Waals surface area (Å²) in [5.41, 5.74) is 0. The number of aromatic amines is 1. The third-order valence-corrected chi connectivity index (χ3v) is 0.326. The molecule has 0 aromatic carbocycles. The summed E-state index contributed by atoms with van der Waals surface area (Å²) in [6, 6.07) is -0.574. The van der Waals surface area contributed by atoms with Crippen molar-refractivity contribution < 1.29 is 5.11 Å². The number of nitrogens with one attached hydrogen (secondary N) is 1. The van der Waals surface area contributed by atoms with Crippen molar-refractivity contribution in [3.05, 3.63) is 0 Å². The molecule has 6 heavy (non-hydrogen) atoms. The molecular formula is CHN4O. The molecule has 1 rings (SSSR count). The molecule has 0 saturated heterocycles. The van der Waals surface area contributed by atoms with E-state index in [9.17, 15) is 5.11 Å². The lowest BCUT2D eigenvalue weighted by Crippen LogP contribution is -1.64. The number of nitrogens with zero attached hydrogens (tertiary/aromatic N) is 3. The summed E-state index contributed by atoms with van der Waals surface area (Å²) < 4.78 is 0. The van der Waals surface area contributed by atoms with E-state index >= 15 is 0 Å². The number of rotatable bonds is 0. The van der Waals surface area contributed by atoms with Crippen molar-refractivity contribution in [2.24, 2.45) is 0 Å². The highest BCUT2D eigenvalue weighted by atomic mass is 16.3. The van der Waals surface area contributed by atoms with Crippen LogP contribution >= 0.6 is 0 Å². The molecule has 1 N–H and O–H groups in total. The SMILES string of the molecule is [O]c1nn[nH]n1. The second kappa shape index (κ2) is 0.925. The maximum atomic E-state index is 9.75. The molecule has 1 aromatic heterocycles. The van der Waals surface area contributed by atoms with Gasteiger partial charge in [0.05, 0.1) is 0 Å². The maximum Gasteiger partial charge on any atom is 0.405 e. The third kappa shape index (κ3) is 0.291. The average Bonchev–Trinajstić information content (AvgIpc) is 1.86. The van der Waals surface area contributed by atoms with Crippen molar-refractivity contribution >= 4 is 0 Å². The van der Waals surface area contributed by atoms with Crippen LogP contribution in [0, 0.1) is 0 Å². The molecule has 0 saturated carbocycles. The van der Waals surface area contributed by atoms with Crippen molar-refractivity contribution in [1.29, 1.82) is 0 Å². The van der Waals surface area contributed by atoms with Crippen molar-refractivity contribution in [3.8, 4) is 6.01 Å². The summed E-state index contributed by atoms with van der Waals surface area (Å²) in [7, 11) is 0. The molecule has 0 unspecified atom stereocenters. The first-order valence-electron chi connectivity index (χ1n) is 1.30. The van der Waals surface area contributed by atoms with Gasteiger partial charge in [-0.05, 0) is 5.21 Å². The van der Waals surface area contributed by atoms with E-state index in [4.69, 9.17) is 0 Å². The largest absolute Gasteiger partial charge is 0.405 e. The number of hydrogen-bond donors (Lipinski definition) is 1. The van der Waals surface area contributed by atoms with Crippen LogP contribution in [0.2, 0.25) is 0 Å². The fourth-order valence-electron chi connectivity index (χ4n) is 0.153. The molecule has 1 radical (unpaired) electrons.